The minimum absolute atomic E-state index is 1.03. The minimum atomic E-state index is -5.07. The Morgan fingerprint density at radius 2 is 1.15 bits per heavy atom. The van der Waals surface area contributed by atoms with Gasteiger partial charge in [0.1, 0.15) is 0 Å². The fraction of sp³-hybridized carbons (Fsp3) is 0.143. The quantitative estimate of drug-likeness (QED) is 0.884. The van der Waals surface area contributed by atoms with E-state index in [0.29, 0.717) is 0 Å². The van der Waals surface area contributed by atoms with Crippen LogP contribution in [0.25, 0.3) is 0 Å². The summed E-state index contributed by atoms with van der Waals surface area (Å²) in [5.74, 6) is -3.67. The van der Waals surface area contributed by atoms with Crippen molar-refractivity contribution in [1.82, 2.24) is 0 Å². The number of alkyl halides is 2. The largest absolute Gasteiger partial charge is 0.361 e. The summed E-state index contributed by atoms with van der Waals surface area (Å²) in [6.07, 6.45) is 1.03. The molecule has 0 heterocycles. The standard InChI is InChI=1S/C13H12.CH2F2O3S/c1-3-7-12(8-4-1)11-13-9-5-2-6-10-13;2-1(3)7(4,5)6/h1-10H,11H2;1H,(H,4,5,6). The van der Waals surface area contributed by atoms with Gasteiger partial charge in [-0.3, -0.25) is 4.55 Å². The number of benzene rings is 2. The third-order valence-electron chi connectivity index (χ3n) is 2.32. The van der Waals surface area contributed by atoms with Gasteiger partial charge in [-0.15, -0.1) is 0 Å². The molecule has 0 bridgehead atoms. The van der Waals surface area contributed by atoms with Crippen molar-refractivity contribution >= 4 is 10.1 Å². The van der Waals surface area contributed by atoms with Gasteiger partial charge in [-0.25, -0.2) is 0 Å². The molecule has 0 fully saturated rings. The first kappa shape index (κ1) is 16.3. The summed E-state index contributed by atoms with van der Waals surface area (Å²) in [5, 5.41) is 0. The van der Waals surface area contributed by atoms with Crippen molar-refractivity contribution in [2.75, 3.05) is 0 Å². The van der Waals surface area contributed by atoms with Crippen LogP contribution in [0.15, 0.2) is 60.7 Å². The number of hydrogen-bond acceptors (Lipinski definition) is 2. The van der Waals surface area contributed by atoms with Gasteiger partial charge in [0.05, 0.1) is 0 Å². The maximum atomic E-state index is 10.7. The first-order valence-electron chi connectivity index (χ1n) is 5.72. The molecule has 2 rings (SSSR count). The second kappa shape index (κ2) is 7.72. The van der Waals surface area contributed by atoms with Crippen molar-refractivity contribution in [2.24, 2.45) is 0 Å². The Kier molecular flexibility index (Phi) is 6.27. The normalized spacial score (nSPS) is 10.8. The van der Waals surface area contributed by atoms with Crippen LogP contribution in [-0.4, -0.2) is 18.7 Å². The average Bonchev–Trinajstić information content (AvgIpc) is 2.40. The summed E-state index contributed by atoms with van der Waals surface area (Å²) in [4.78, 5) is 0. The fourth-order valence-electron chi connectivity index (χ4n) is 1.43. The summed E-state index contributed by atoms with van der Waals surface area (Å²) in [5.41, 5.74) is 2.74. The van der Waals surface area contributed by atoms with Crippen LogP contribution < -0.4 is 0 Å². The fourth-order valence-corrected chi connectivity index (χ4v) is 1.43. The molecule has 1 N–H and O–H groups in total. The predicted octanol–water partition coefficient (Wildman–Crippen LogP) is 3.37. The molecule has 0 radical (unpaired) electrons. The Labute approximate surface area is 116 Å². The molecule has 108 valence electrons. The number of hydrogen-bond donors (Lipinski definition) is 1. The van der Waals surface area contributed by atoms with Crippen molar-refractivity contribution in [1.29, 1.82) is 0 Å². The van der Waals surface area contributed by atoms with E-state index < -0.39 is 15.9 Å². The molecule has 6 heteroatoms. The summed E-state index contributed by atoms with van der Waals surface area (Å²) in [6, 6.07) is 21.1. The lowest BCUT2D eigenvalue weighted by Gasteiger charge is -2.00. The van der Waals surface area contributed by atoms with Crippen LogP contribution in [0.5, 0.6) is 0 Å². The van der Waals surface area contributed by atoms with Gasteiger partial charge in [0.25, 0.3) is 0 Å². The van der Waals surface area contributed by atoms with Crippen LogP contribution in [0.2, 0.25) is 0 Å². The molecule has 0 aliphatic rings. The molecule has 0 amide bonds. The van der Waals surface area contributed by atoms with E-state index in [-0.39, 0.29) is 0 Å². The lowest BCUT2D eigenvalue weighted by Crippen LogP contribution is -2.07. The molecule has 0 unspecified atom stereocenters. The maximum Gasteiger partial charge on any atom is 0.361 e. The van der Waals surface area contributed by atoms with Crippen molar-refractivity contribution < 1.29 is 21.8 Å². The zero-order valence-corrected chi connectivity index (χ0v) is 11.3. The Morgan fingerprint density at radius 1 is 0.850 bits per heavy atom. The highest BCUT2D eigenvalue weighted by Gasteiger charge is 2.18. The smallest absolute Gasteiger partial charge is 0.281 e. The molecule has 2 aromatic carbocycles. The monoisotopic (exact) mass is 300 g/mol. The van der Waals surface area contributed by atoms with Gasteiger partial charge in [-0.05, 0) is 17.5 Å². The van der Waals surface area contributed by atoms with E-state index in [1.54, 1.807) is 0 Å². The third-order valence-corrected chi connectivity index (χ3v) is 2.77. The molecule has 0 spiro atoms. The Hall–Kier alpha value is -1.79. The van der Waals surface area contributed by atoms with E-state index in [4.69, 9.17) is 13.0 Å². The molecular formula is C14H14F2O3S. The van der Waals surface area contributed by atoms with E-state index >= 15 is 0 Å². The summed E-state index contributed by atoms with van der Waals surface area (Å²) in [7, 11) is -5.07. The first-order chi connectivity index (χ1) is 9.39. The third kappa shape index (κ3) is 6.40. The van der Waals surface area contributed by atoms with E-state index in [1.807, 2.05) is 0 Å². The molecule has 0 aliphatic heterocycles. The average molecular weight is 300 g/mol. The topological polar surface area (TPSA) is 54.4 Å². The van der Waals surface area contributed by atoms with Crippen molar-refractivity contribution in [3.8, 4) is 0 Å². The Balaban J connectivity index is 0.000000246. The van der Waals surface area contributed by atoms with Gasteiger partial charge in [-0.2, -0.15) is 17.2 Å². The van der Waals surface area contributed by atoms with Crippen LogP contribution >= 0.6 is 0 Å². The highest BCUT2D eigenvalue weighted by atomic mass is 32.2. The highest BCUT2D eigenvalue weighted by molar-refractivity contribution is 7.86. The lowest BCUT2D eigenvalue weighted by atomic mass is 10.1. The van der Waals surface area contributed by atoms with Crippen LogP contribution in [0.4, 0.5) is 8.78 Å². The molecule has 0 saturated carbocycles. The second-order valence-electron chi connectivity index (χ2n) is 3.92. The summed E-state index contributed by atoms with van der Waals surface area (Å²) >= 11 is 0. The van der Waals surface area contributed by atoms with Crippen molar-refractivity contribution in [3.05, 3.63) is 71.8 Å². The molecule has 0 atom stereocenters. The van der Waals surface area contributed by atoms with Crippen molar-refractivity contribution in [3.63, 3.8) is 0 Å². The van der Waals surface area contributed by atoms with Gasteiger partial charge in [0.15, 0.2) is 0 Å². The lowest BCUT2D eigenvalue weighted by molar-refractivity contribution is 0.217. The van der Waals surface area contributed by atoms with Crippen LogP contribution in [0.1, 0.15) is 11.1 Å². The Bertz CT molecular complexity index is 561. The van der Waals surface area contributed by atoms with Crippen LogP contribution in [-0.2, 0) is 16.5 Å². The van der Waals surface area contributed by atoms with Crippen molar-refractivity contribution in [2.45, 2.75) is 12.2 Å². The first-order valence-corrected chi connectivity index (χ1v) is 7.22. The summed E-state index contributed by atoms with van der Waals surface area (Å²) < 4.78 is 47.0. The molecule has 3 nitrogen and oxygen atoms in total. The maximum absolute atomic E-state index is 10.7. The summed E-state index contributed by atoms with van der Waals surface area (Å²) in [6.45, 7) is 0. The van der Waals surface area contributed by atoms with Gasteiger partial charge < -0.3 is 0 Å². The molecule has 0 aliphatic carbocycles. The molecule has 2 aromatic rings. The Morgan fingerprint density at radius 3 is 1.40 bits per heavy atom. The van der Waals surface area contributed by atoms with Crippen LogP contribution in [0, 0.1) is 0 Å². The van der Waals surface area contributed by atoms with Gasteiger partial charge >= 0.3 is 15.9 Å². The molecule has 20 heavy (non-hydrogen) atoms. The second-order valence-corrected chi connectivity index (χ2v) is 5.31. The SMILES string of the molecule is O=S(=O)(O)C(F)F.c1ccc(Cc2ccccc2)cc1. The minimum Gasteiger partial charge on any atom is -0.281 e. The van der Waals surface area contributed by atoms with Gasteiger partial charge in [-0.1, -0.05) is 60.7 Å². The van der Waals surface area contributed by atoms with E-state index in [9.17, 15) is 8.78 Å². The van der Waals surface area contributed by atoms with Crippen LogP contribution in [0.3, 0.4) is 0 Å². The highest BCUT2D eigenvalue weighted by Crippen LogP contribution is 2.07. The molecule has 0 saturated heterocycles. The van der Waals surface area contributed by atoms with E-state index in [0.717, 1.165) is 6.42 Å². The number of halogens is 2. The predicted molar refractivity (Wildman–Crippen MR) is 73.2 cm³/mol. The van der Waals surface area contributed by atoms with E-state index in [2.05, 4.69) is 60.7 Å². The molecular weight excluding hydrogens is 286 g/mol. The number of rotatable bonds is 3. The van der Waals surface area contributed by atoms with E-state index in [1.165, 1.54) is 11.1 Å². The van der Waals surface area contributed by atoms with Gasteiger partial charge in [0.2, 0.25) is 0 Å². The zero-order valence-electron chi connectivity index (χ0n) is 10.5. The zero-order chi connectivity index (χ0) is 15.0. The van der Waals surface area contributed by atoms with Gasteiger partial charge in [0, 0.05) is 0 Å². The molecule has 0 aromatic heterocycles.